The summed E-state index contributed by atoms with van der Waals surface area (Å²) in [6.07, 6.45) is -5.91. The van der Waals surface area contributed by atoms with Crippen LogP contribution in [0.5, 0.6) is 11.5 Å². The van der Waals surface area contributed by atoms with Gasteiger partial charge in [0.05, 0.1) is 24.7 Å². The molecule has 2 amide bonds. The molecule has 2 N–H and O–H groups in total. The van der Waals surface area contributed by atoms with E-state index in [1.54, 1.807) is 0 Å². The van der Waals surface area contributed by atoms with Crippen molar-refractivity contribution in [1.29, 1.82) is 0 Å². The summed E-state index contributed by atoms with van der Waals surface area (Å²) in [4.78, 5) is 29.4. The number of rotatable bonds is 6. The Morgan fingerprint density at radius 3 is 2.53 bits per heavy atom. The molecule has 0 spiro atoms. The smallest absolute Gasteiger partial charge is 0.485 e. The largest absolute Gasteiger partial charge is 0.573 e. The Labute approximate surface area is 188 Å². The molecule has 172 valence electrons. The molecule has 1 aromatic heterocycles. The van der Waals surface area contributed by atoms with Gasteiger partial charge in [-0.05, 0) is 39.7 Å². The van der Waals surface area contributed by atoms with E-state index < -0.39 is 30.3 Å². The van der Waals surface area contributed by atoms with Crippen molar-refractivity contribution in [1.82, 2.24) is 9.88 Å². The van der Waals surface area contributed by atoms with Crippen LogP contribution in [-0.4, -0.2) is 53.4 Å². The molecule has 7 nitrogen and oxygen atoms in total. The van der Waals surface area contributed by atoms with Crippen molar-refractivity contribution in [3.63, 3.8) is 0 Å². The first-order valence-corrected chi connectivity index (χ1v) is 10.2. The van der Waals surface area contributed by atoms with Crippen LogP contribution >= 0.6 is 15.9 Å². The van der Waals surface area contributed by atoms with E-state index in [1.165, 1.54) is 29.3 Å². The number of pyridine rings is 1. The summed E-state index contributed by atoms with van der Waals surface area (Å²) in [5, 5.41) is 0. The SMILES string of the molecule is NC(=O)c1cc(Br)ncc1O[C@H]1CCN(C(=O)Cc2ccc(OC(F)(F)F)cc2)C[C@@H]1F. The number of hydrogen-bond donors (Lipinski definition) is 1. The number of likely N-dealkylation sites (tertiary alicyclic amines) is 1. The molecule has 2 atom stereocenters. The summed E-state index contributed by atoms with van der Waals surface area (Å²) < 4.78 is 61.2. The second-order valence-corrected chi connectivity index (χ2v) is 7.85. The fourth-order valence-electron chi connectivity index (χ4n) is 3.20. The third kappa shape index (κ3) is 6.31. The monoisotopic (exact) mass is 519 g/mol. The number of nitrogens with zero attached hydrogens (tertiary/aromatic N) is 2. The maximum Gasteiger partial charge on any atom is 0.573 e. The highest BCUT2D eigenvalue weighted by molar-refractivity contribution is 9.10. The Morgan fingerprint density at radius 1 is 1.25 bits per heavy atom. The van der Waals surface area contributed by atoms with Gasteiger partial charge in [-0.2, -0.15) is 0 Å². The zero-order valence-corrected chi connectivity index (χ0v) is 18.0. The maximum absolute atomic E-state index is 14.7. The molecule has 2 heterocycles. The van der Waals surface area contributed by atoms with Gasteiger partial charge in [-0.25, -0.2) is 9.37 Å². The van der Waals surface area contributed by atoms with Crippen LogP contribution in [0.15, 0.2) is 41.1 Å². The number of carbonyl (C=O) groups is 2. The minimum Gasteiger partial charge on any atom is -0.485 e. The zero-order valence-electron chi connectivity index (χ0n) is 16.4. The van der Waals surface area contributed by atoms with Gasteiger partial charge in [0.1, 0.15) is 16.5 Å². The number of carbonyl (C=O) groups excluding carboxylic acids is 2. The van der Waals surface area contributed by atoms with E-state index in [9.17, 15) is 27.2 Å². The number of piperidine rings is 1. The highest BCUT2D eigenvalue weighted by atomic mass is 79.9. The second-order valence-electron chi connectivity index (χ2n) is 7.04. The van der Waals surface area contributed by atoms with Gasteiger partial charge in [-0.1, -0.05) is 12.1 Å². The Balaban J connectivity index is 1.57. The molecule has 1 aliphatic rings. The number of benzene rings is 1. The minimum absolute atomic E-state index is 0.0503. The van der Waals surface area contributed by atoms with Crippen molar-refractivity contribution >= 4 is 27.7 Å². The molecule has 0 saturated carbocycles. The molecule has 3 rings (SSSR count). The number of hydrogen-bond acceptors (Lipinski definition) is 5. The van der Waals surface area contributed by atoms with Gasteiger partial charge in [-0.15, -0.1) is 13.2 Å². The number of nitrogens with two attached hydrogens (primary N) is 1. The van der Waals surface area contributed by atoms with Crippen LogP contribution in [0, 0.1) is 0 Å². The molecular weight excluding hydrogens is 502 g/mol. The molecular formula is C20H18BrF4N3O4. The van der Waals surface area contributed by atoms with Crippen molar-refractivity contribution in [3.05, 3.63) is 52.3 Å². The Hall–Kier alpha value is -2.89. The Bertz CT molecular complexity index is 988. The molecule has 2 aromatic rings. The molecule has 1 fully saturated rings. The first kappa shape index (κ1) is 23.8. The molecule has 0 radical (unpaired) electrons. The average Bonchev–Trinajstić information content (AvgIpc) is 2.70. The quantitative estimate of drug-likeness (QED) is 0.466. The van der Waals surface area contributed by atoms with E-state index in [4.69, 9.17) is 10.5 Å². The molecule has 0 unspecified atom stereocenters. The summed E-state index contributed by atoms with van der Waals surface area (Å²) in [5.41, 5.74) is 5.83. The van der Waals surface area contributed by atoms with E-state index >= 15 is 0 Å². The lowest BCUT2D eigenvalue weighted by atomic mass is 10.0. The van der Waals surface area contributed by atoms with Gasteiger partial charge in [0.15, 0.2) is 11.9 Å². The van der Waals surface area contributed by atoms with Gasteiger partial charge in [0.25, 0.3) is 5.91 Å². The molecule has 32 heavy (non-hydrogen) atoms. The maximum atomic E-state index is 14.7. The topological polar surface area (TPSA) is 94.8 Å². The lowest BCUT2D eigenvalue weighted by Crippen LogP contribution is -2.49. The average molecular weight is 520 g/mol. The number of primary amides is 1. The van der Waals surface area contributed by atoms with Crippen molar-refractivity contribution < 1.29 is 36.6 Å². The molecule has 1 saturated heterocycles. The summed E-state index contributed by atoms with van der Waals surface area (Å²) >= 11 is 3.12. The first-order chi connectivity index (χ1) is 15.0. The highest BCUT2D eigenvalue weighted by Gasteiger charge is 2.34. The second kappa shape index (κ2) is 9.72. The Morgan fingerprint density at radius 2 is 1.94 bits per heavy atom. The number of alkyl halides is 4. The number of aromatic nitrogens is 1. The van der Waals surface area contributed by atoms with Crippen LogP contribution < -0.4 is 15.2 Å². The van der Waals surface area contributed by atoms with E-state index in [1.807, 2.05) is 0 Å². The van der Waals surface area contributed by atoms with Crippen molar-refractivity contribution in [2.75, 3.05) is 13.1 Å². The predicted octanol–water partition coefficient (Wildman–Crippen LogP) is 3.40. The number of halogens is 5. The third-order valence-electron chi connectivity index (χ3n) is 4.72. The molecule has 0 aliphatic carbocycles. The number of ether oxygens (including phenoxy) is 2. The Kier molecular flexibility index (Phi) is 7.22. The fourth-order valence-corrected chi connectivity index (χ4v) is 3.54. The fraction of sp³-hybridized carbons (Fsp3) is 0.350. The lowest BCUT2D eigenvalue weighted by Gasteiger charge is -2.35. The van der Waals surface area contributed by atoms with E-state index in [-0.39, 0.29) is 43.2 Å². The van der Waals surface area contributed by atoms with Gasteiger partial charge in [0, 0.05) is 13.0 Å². The summed E-state index contributed by atoms with van der Waals surface area (Å²) in [7, 11) is 0. The molecule has 1 aliphatic heterocycles. The third-order valence-corrected chi connectivity index (χ3v) is 5.16. The van der Waals surface area contributed by atoms with Crippen LogP contribution in [-0.2, 0) is 11.2 Å². The summed E-state index contributed by atoms with van der Waals surface area (Å²) in [5.74, 6) is -1.47. The predicted molar refractivity (Wildman–Crippen MR) is 108 cm³/mol. The van der Waals surface area contributed by atoms with Gasteiger partial charge in [-0.3, -0.25) is 9.59 Å². The minimum atomic E-state index is -4.80. The normalized spacial score (nSPS) is 18.8. The summed E-state index contributed by atoms with van der Waals surface area (Å²) in [6.45, 7) is -0.0241. The van der Waals surface area contributed by atoms with Gasteiger partial charge in [0.2, 0.25) is 5.91 Å². The van der Waals surface area contributed by atoms with Crippen LogP contribution in [0.2, 0.25) is 0 Å². The van der Waals surface area contributed by atoms with Crippen LogP contribution in [0.1, 0.15) is 22.3 Å². The van der Waals surface area contributed by atoms with Crippen molar-refractivity contribution in [2.24, 2.45) is 5.73 Å². The van der Waals surface area contributed by atoms with Crippen LogP contribution in [0.4, 0.5) is 17.6 Å². The zero-order chi connectivity index (χ0) is 23.5. The molecule has 0 bridgehead atoms. The van der Waals surface area contributed by atoms with Crippen molar-refractivity contribution in [3.8, 4) is 11.5 Å². The van der Waals surface area contributed by atoms with Crippen LogP contribution in [0.3, 0.4) is 0 Å². The van der Waals surface area contributed by atoms with E-state index in [0.29, 0.717) is 10.2 Å². The molecule has 12 heteroatoms. The highest BCUT2D eigenvalue weighted by Crippen LogP contribution is 2.27. The van der Waals surface area contributed by atoms with E-state index in [0.717, 1.165) is 12.1 Å². The first-order valence-electron chi connectivity index (χ1n) is 9.40. The van der Waals surface area contributed by atoms with Gasteiger partial charge < -0.3 is 20.1 Å². The van der Waals surface area contributed by atoms with Gasteiger partial charge >= 0.3 is 6.36 Å². The molecule has 1 aromatic carbocycles. The standard InChI is InChI=1S/C20H18BrF4N3O4/c21-17-8-13(19(26)30)16(9-27-17)31-15-5-6-28(10-14(15)22)18(29)7-11-1-3-12(4-2-11)32-20(23,24)25/h1-4,8-9,14-15H,5-7,10H2,(H2,26,30)/t14-,15-/m0/s1. The summed E-state index contributed by atoms with van der Waals surface area (Å²) in [6, 6.07) is 6.27. The van der Waals surface area contributed by atoms with Crippen LogP contribution in [0.25, 0.3) is 0 Å². The van der Waals surface area contributed by atoms with Crippen molar-refractivity contribution in [2.45, 2.75) is 31.5 Å². The number of amides is 2. The van der Waals surface area contributed by atoms with E-state index in [2.05, 4.69) is 25.7 Å². The lowest BCUT2D eigenvalue weighted by molar-refractivity contribution is -0.274.